The molecule has 5 rings (SSSR count). The molecule has 10 nitrogen and oxygen atoms in total. The SMILES string of the molecule is COc1cc2ncnc(Nc3cccc(Cl)c3F)c2cc1O[C@H]1C[C@H](C(=O)NCCc2cnc[nH]2)N(C)C1. The first-order valence-electron chi connectivity index (χ1n) is 12.1. The van der Waals surface area contributed by atoms with E-state index in [4.69, 9.17) is 21.1 Å². The smallest absolute Gasteiger partial charge is 0.237 e. The van der Waals surface area contributed by atoms with Crippen molar-refractivity contribution in [3.05, 3.63) is 65.7 Å². The van der Waals surface area contributed by atoms with Gasteiger partial charge >= 0.3 is 0 Å². The van der Waals surface area contributed by atoms with Gasteiger partial charge in [0.25, 0.3) is 0 Å². The maximum Gasteiger partial charge on any atom is 0.237 e. The van der Waals surface area contributed by atoms with E-state index in [1.165, 1.54) is 12.4 Å². The summed E-state index contributed by atoms with van der Waals surface area (Å²) in [6, 6.07) is 7.88. The lowest BCUT2D eigenvalue weighted by atomic mass is 10.1. The summed E-state index contributed by atoms with van der Waals surface area (Å²) in [5.74, 6) is 0.733. The first-order chi connectivity index (χ1) is 18.4. The number of carbonyl (C=O) groups is 1. The van der Waals surface area contributed by atoms with E-state index in [1.807, 2.05) is 11.9 Å². The number of fused-ring (bicyclic) bond motifs is 1. The number of anilines is 2. The van der Waals surface area contributed by atoms with Crippen molar-refractivity contribution in [3.63, 3.8) is 0 Å². The van der Waals surface area contributed by atoms with Crippen LogP contribution in [0.4, 0.5) is 15.9 Å². The number of aromatic nitrogens is 4. The van der Waals surface area contributed by atoms with Gasteiger partial charge in [0, 0.05) is 49.3 Å². The Morgan fingerprint density at radius 3 is 2.95 bits per heavy atom. The summed E-state index contributed by atoms with van der Waals surface area (Å²) in [7, 11) is 3.45. The van der Waals surface area contributed by atoms with Crippen LogP contribution in [0.2, 0.25) is 5.02 Å². The number of amides is 1. The second-order valence-corrected chi connectivity index (χ2v) is 9.42. The van der Waals surface area contributed by atoms with E-state index in [0.29, 0.717) is 54.2 Å². The molecule has 198 valence electrons. The summed E-state index contributed by atoms with van der Waals surface area (Å²) in [6.07, 6.45) is 5.68. The van der Waals surface area contributed by atoms with Crippen molar-refractivity contribution in [1.29, 1.82) is 0 Å². The molecule has 0 radical (unpaired) electrons. The van der Waals surface area contributed by atoms with Crippen LogP contribution in [0.1, 0.15) is 12.1 Å². The molecule has 4 aromatic rings. The number of likely N-dealkylation sites (N-methyl/N-ethyl adjacent to an activating group) is 1. The molecule has 1 aliphatic heterocycles. The van der Waals surface area contributed by atoms with Crippen molar-refractivity contribution in [2.24, 2.45) is 0 Å². The molecule has 38 heavy (non-hydrogen) atoms. The highest BCUT2D eigenvalue weighted by Crippen LogP contribution is 2.37. The third-order valence-electron chi connectivity index (χ3n) is 6.48. The number of aromatic amines is 1. The second kappa shape index (κ2) is 11.2. The molecular weight excluding hydrogens is 513 g/mol. The monoisotopic (exact) mass is 539 g/mol. The van der Waals surface area contributed by atoms with Gasteiger partial charge in [0.1, 0.15) is 18.2 Å². The van der Waals surface area contributed by atoms with Crippen LogP contribution < -0.4 is 20.1 Å². The lowest BCUT2D eigenvalue weighted by Crippen LogP contribution is -2.42. The van der Waals surface area contributed by atoms with Crippen molar-refractivity contribution in [2.75, 3.05) is 32.6 Å². The molecule has 2 aromatic heterocycles. The molecular formula is C26H27ClFN7O3. The average Bonchev–Trinajstić information content (AvgIpc) is 3.56. The lowest BCUT2D eigenvalue weighted by Gasteiger charge is -2.18. The second-order valence-electron chi connectivity index (χ2n) is 9.02. The number of halogens is 2. The minimum absolute atomic E-state index is 0.00399. The molecule has 2 atom stereocenters. The minimum atomic E-state index is -0.575. The highest BCUT2D eigenvalue weighted by molar-refractivity contribution is 6.31. The zero-order valence-electron chi connectivity index (χ0n) is 20.9. The third-order valence-corrected chi connectivity index (χ3v) is 6.77. The summed E-state index contributed by atoms with van der Waals surface area (Å²) in [4.78, 5) is 30.4. The highest BCUT2D eigenvalue weighted by atomic mass is 35.5. The van der Waals surface area contributed by atoms with Gasteiger partial charge in [0.05, 0.1) is 35.7 Å². The van der Waals surface area contributed by atoms with Gasteiger partial charge in [-0.1, -0.05) is 17.7 Å². The largest absolute Gasteiger partial charge is 0.493 e. The van der Waals surface area contributed by atoms with Crippen LogP contribution in [0.5, 0.6) is 11.5 Å². The quantitative estimate of drug-likeness (QED) is 0.295. The van der Waals surface area contributed by atoms with E-state index >= 15 is 0 Å². The molecule has 2 aromatic carbocycles. The Bertz CT molecular complexity index is 1440. The van der Waals surface area contributed by atoms with E-state index in [0.717, 1.165) is 5.69 Å². The molecule has 1 amide bonds. The van der Waals surface area contributed by atoms with Crippen LogP contribution in [0.25, 0.3) is 10.9 Å². The summed E-state index contributed by atoms with van der Waals surface area (Å²) < 4.78 is 26.4. The Hall–Kier alpha value is -3.96. The Labute approximate surface area is 223 Å². The van der Waals surface area contributed by atoms with Gasteiger partial charge in [-0.3, -0.25) is 9.69 Å². The van der Waals surface area contributed by atoms with Gasteiger partial charge in [-0.15, -0.1) is 0 Å². The van der Waals surface area contributed by atoms with E-state index in [2.05, 4.69) is 30.6 Å². The van der Waals surface area contributed by atoms with Gasteiger partial charge in [-0.25, -0.2) is 19.3 Å². The molecule has 0 bridgehead atoms. The zero-order chi connectivity index (χ0) is 26.6. The maximum atomic E-state index is 14.5. The Kier molecular flexibility index (Phi) is 7.57. The van der Waals surface area contributed by atoms with Crippen LogP contribution in [-0.2, 0) is 11.2 Å². The van der Waals surface area contributed by atoms with Crippen molar-refractivity contribution >= 4 is 39.9 Å². The van der Waals surface area contributed by atoms with E-state index in [-0.39, 0.29) is 28.8 Å². The predicted molar refractivity (Wildman–Crippen MR) is 142 cm³/mol. The third kappa shape index (κ3) is 5.48. The summed E-state index contributed by atoms with van der Waals surface area (Å²) in [5.41, 5.74) is 1.74. The number of H-pyrrole nitrogens is 1. The fourth-order valence-corrected chi connectivity index (χ4v) is 4.70. The lowest BCUT2D eigenvalue weighted by molar-refractivity contribution is -0.125. The van der Waals surface area contributed by atoms with E-state index < -0.39 is 5.82 Å². The maximum absolute atomic E-state index is 14.5. The normalized spacial score (nSPS) is 17.5. The number of hydrogen-bond donors (Lipinski definition) is 3. The minimum Gasteiger partial charge on any atom is -0.493 e. The Balaban J connectivity index is 1.32. The number of rotatable bonds is 9. The highest BCUT2D eigenvalue weighted by Gasteiger charge is 2.36. The fourth-order valence-electron chi connectivity index (χ4n) is 4.53. The van der Waals surface area contributed by atoms with Gasteiger partial charge in [0.2, 0.25) is 5.91 Å². The molecule has 1 fully saturated rings. The molecule has 0 saturated carbocycles. The number of imidazole rings is 1. The summed E-state index contributed by atoms with van der Waals surface area (Å²) in [5, 5.41) is 6.61. The average molecular weight is 540 g/mol. The van der Waals surface area contributed by atoms with Gasteiger partial charge in [-0.2, -0.15) is 0 Å². The number of carbonyl (C=O) groups excluding carboxylic acids is 1. The number of nitrogens with zero attached hydrogens (tertiary/aromatic N) is 4. The fraction of sp³-hybridized carbons (Fsp3) is 0.308. The predicted octanol–water partition coefficient (Wildman–Crippen LogP) is 3.71. The van der Waals surface area contributed by atoms with Crippen molar-refractivity contribution < 1.29 is 18.7 Å². The molecule has 1 saturated heterocycles. The van der Waals surface area contributed by atoms with Crippen molar-refractivity contribution in [2.45, 2.75) is 25.0 Å². The van der Waals surface area contributed by atoms with Gasteiger partial charge in [-0.05, 0) is 25.2 Å². The first-order valence-corrected chi connectivity index (χ1v) is 12.5. The molecule has 0 spiro atoms. The zero-order valence-corrected chi connectivity index (χ0v) is 21.6. The van der Waals surface area contributed by atoms with Crippen molar-refractivity contribution in [1.82, 2.24) is 30.2 Å². The Morgan fingerprint density at radius 1 is 1.29 bits per heavy atom. The van der Waals surface area contributed by atoms with E-state index in [1.54, 1.807) is 43.9 Å². The number of ether oxygens (including phenoxy) is 2. The number of benzene rings is 2. The molecule has 0 unspecified atom stereocenters. The van der Waals surface area contributed by atoms with E-state index in [9.17, 15) is 9.18 Å². The number of nitrogens with one attached hydrogen (secondary N) is 3. The summed E-state index contributed by atoms with van der Waals surface area (Å²) in [6.45, 7) is 1.07. The van der Waals surface area contributed by atoms with Gasteiger partial charge in [0.15, 0.2) is 17.3 Å². The van der Waals surface area contributed by atoms with Crippen molar-refractivity contribution in [3.8, 4) is 11.5 Å². The van der Waals surface area contributed by atoms with Crippen LogP contribution in [-0.4, -0.2) is 70.1 Å². The molecule has 1 aliphatic rings. The van der Waals surface area contributed by atoms with Crippen LogP contribution in [0, 0.1) is 5.82 Å². The molecule has 12 heteroatoms. The molecule has 3 heterocycles. The molecule has 0 aliphatic carbocycles. The summed E-state index contributed by atoms with van der Waals surface area (Å²) >= 11 is 5.93. The van der Waals surface area contributed by atoms with Crippen LogP contribution in [0.15, 0.2) is 49.2 Å². The number of methoxy groups -OCH3 is 1. The first kappa shape index (κ1) is 25.7. The van der Waals surface area contributed by atoms with Crippen LogP contribution >= 0.6 is 11.6 Å². The molecule has 3 N–H and O–H groups in total. The van der Waals surface area contributed by atoms with Crippen LogP contribution in [0.3, 0.4) is 0 Å². The Morgan fingerprint density at radius 2 is 2.16 bits per heavy atom. The number of hydrogen-bond acceptors (Lipinski definition) is 8. The topological polar surface area (TPSA) is 117 Å². The standard InChI is InChI=1S/C26H27ClFN7O3/c1-35-12-16(8-21(35)26(36)30-7-6-15-11-29-13-31-15)38-23-9-17-20(10-22(23)37-2)32-14-33-25(17)34-19-5-3-4-18(27)24(19)28/h3-5,9-11,13-14,16,21H,6-8,12H2,1-2H3,(H,29,31)(H,30,36)(H,32,33,34)/t16-,21+/m0/s1. The van der Waals surface area contributed by atoms with Gasteiger partial charge < -0.3 is 25.1 Å². The number of likely N-dealkylation sites (tertiary alicyclic amines) is 1.